The summed E-state index contributed by atoms with van der Waals surface area (Å²) in [7, 11) is 0. The highest BCUT2D eigenvalue weighted by atomic mass is 35.5. The summed E-state index contributed by atoms with van der Waals surface area (Å²) in [6.45, 7) is 4.26. The van der Waals surface area contributed by atoms with E-state index in [0.717, 1.165) is 28.3 Å². The average Bonchev–Trinajstić information content (AvgIpc) is 3.40. The predicted octanol–water partition coefficient (Wildman–Crippen LogP) is 7.18. The van der Waals surface area contributed by atoms with Crippen molar-refractivity contribution in [2.75, 3.05) is 4.90 Å². The number of hydrogen-bond acceptors (Lipinski definition) is 3. The third-order valence-corrected chi connectivity index (χ3v) is 7.64. The van der Waals surface area contributed by atoms with Gasteiger partial charge in [-0.3, -0.25) is 4.98 Å². The molecule has 3 aromatic carbocycles. The molecule has 7 heteroatoms. The fourth-order valence-corrected chi connectivity index (χ4v) is 5.99. The normalized spacial score (nSPS) is 17.4. The minimum atomic E-state index is -0.262. The zero-order chi connectivity index (χ0) is 25.7. The minimum absolute atomic E-state index is 0.114. The van der Waals surface area contributed by atoms with Crippen molar-refractivity contribution in [1.82, 2.24) is 14.9 Å². The smallest absolute Gasteiger partial charge is 0.174 e. The van der Waals surface area contributed by atoms with E-state index in [1.165, 1.54) is 10.8 Å². The first kappa shape index (κ1) is 23.5. The van der Waals surface area contributed by atoms with Crippen LogP contribution >= 0.6 is 23.8 Å². The summed E-state index contributed by atoms with van der Waals surface area (Å²) in [4.78, 5) is 6.62. The quantitative estimate of drug-likeness (QED) is 0.244. The third kappa shape index (κ3) is 3.93. The van der Waals surface area contributed by atoms with Gasteiger partial charge in [-0.2, -0.15) is 0 Å². The number of fused-ring (bicyclic) bond motifs is 1. The number of aromatic nitrogens is 2. The van der Waals surface area contributed by atoms with Crippen molar-refractivity contribution >= 4 is 45.4 Å². The van der Waals surface area contributed by atoms with Crippen molar-refractivity contribution in [3.8, 4) is 11.4 Å². The van der Waals surface area contributed by atoms with E-state index >= 15 is 0 Å². The molecule has 1 fully saturated rings. The second kappa shape index (κ2) is 9.21. The maximum absolute atomic E-state index is 10.9. The highest BCUT2D eigenvalue weighted by Crippen LogP contribution is 2.46. The molecule has 5 nitrogen and oxygen atoms in total. The van der Waals surface area contributed by atoms with Crippen LogP contribution in [0.2, 0.25) is 5.02 Å². The van der Waals surface area contributed by atoms with Gasteiger partial charge in [0, 0.05) is 28.0 Å². The van der Waals surface area contributed by atoms with Crippen molar-refractivity contribution in [3.63, 3.8) is 0 Å². The molecule has 0 amide bonds. The number of halogens is 1. The van der Waals surface area contributed by atoms with Crippen LogP contribution < -0.4 is 10.2 Å². The summed E-state index contributed by atoms with van der Waals surface area (Å²) in [6.07, 6.45) is 1.79. The topological polar surface area (TPSA) is 53.3 Å². The lowest BCUT2D eigenvalue weighted by molar-refractivity contribution is 0.472. The Morgan fingerprint density at radius 1 is 0.919 bits per heavy atom. The molecule has 1 aliphatic rings. The van der Waals surface area contributed by atoms with Gasteiger partial charge in [-0.25, -0.2) is 0 Å². The minimum Gasteiger partial charge on any atom is -0.506 e. The van der Waals surface area contributed by atoms with Crippen LogP contribution in [-0.4, -0.2) is 19.8 Å². The number of phenols is 1. The molecule has 2 atom stereocenters. The molecule has 37 heavy (non-hydrogen) atoms. The van der Waals surface area contributed by atoms with E-state index in [1.807, 2.05) is 23.1 Å². The Bertz CT molecular complexity index is 1640. The van der Waals surface area contributed by atoms with Gasteiger partial charge in [0.25, 0.3) is 0 Å². The molecule has 6 rings (SSSR count). The van der Waals surface area contributed by atoms with Crippen LogP contribution in [0.5, 0.6) is 5.75 Å². The fourth-order valence-electron chi connectivity index (χ4n) is 5.48. The number of rotatable bonds is 4. The van der Waals surface area contributed by atoms with Crippen molar-refractivity contribution in [2.45, 2.75) is 25.9 Å². The molecular weight excluding hydrogens is 500 g/mol. The summed E-state index contributed by atoms with van der Waals surface area (Å²) in [5.41, 5.74) is 5.85. The molecule has 2 N–H and O–H groups in total. The number of phenolic OH excluding ortho intramolecular Hbond substituents is 1. The van der Waals surface area contributed by atoms with Crippen LogP contribution in [-0.2, 0) is 0 Å². The number of nitrogens with zero attached hydrogens (tertiary/aromatic N) is 3. The first-order valence-electron chi connectivity index (χ1n) is 12.1. The molecule has 184 valence electrons. The molecule has 0 aliphatic carbocycles. The lowest BCUT2D eigenvalue weighted by Crippen LogP contribution is -2.29. The zero-order valence-electron chi connectivity index (χ0n) is 20.4. The lowest BCUT2D eigenvalue weighted by atomic mass is 9.96. The van der Waals surface area contributed by atoms with Gasteiger partial charge in [-0.15, -0.1) is 0 Å². The molecule has 2 unspecified atom stereocenters. The van der Waals surface area contributed by atoms with Gasteiger partial charge < -0.3 is 19.9 Å². The second-order valence-electron chi connectivity index (χ2n) is 9.29. The van der Waals surface area contributed by atoms with Crippen molar-refractivity contribution < 1.29 is 5.11 Å². The molecule has 3 heterocycles. The highest BCUT2D eigenvalue weighted by molar-refractivity contribution is 7.80. The molecule has 2 aromatic heterocycles. The Labute approximate surface area is 226 Å². The third-order valence-electron chi connectivity index (χ3n) is 7.09. The summed E-state index contributed by atoms with van der Waals surface area (Å²) in [5.74, 6) is 0.114. The number of aromatic hydroxyl groups is 1. The van der Waals surface area contributed by atoms with E-state index in [1.54, 1.807) is 24.4 Å². The van der Waals surface area contributed by atoms with Gasteiger partial charge in [0.05, 0.1) is 29.2 Å². The van der Waals surface area contributed by atoms with E-state index in [-0.39, 0.29) is 17.8 Å². The van der Waals surface area contributed by atoms with Crippen LogP contribution in [0, 0.1) is 13.8 Å². The molecular formula is C30H25ClN4OS. The van der Waals surface area contributed by atoms with E-state index in [4.69, 9.17) is 23.8 Å². The zero-order valence-corrected chi connectivity index (χ0v) is 22.0. The van der Waals surface area contributed by atoms with E-state index in [9.17, 15) is 5.11 Å². The fraction of sp³-hybridized carbons (Fsp3) is 0.133. The highest BCUT2D eigenvalue weighted by Gasteiger charge is 2.43. The van der Waals surface area contributed by atoms with E-state index in [2.05, 4.69) is 77.2 Å². The Morgan fingerprint density at radius 3 is 2.51 bits per heavy atom. The van der Waals surface area contributed by atoms with Crippen LogP contribution in [0.3, 0.4) is 0 Å². The Kier molecular flexibility index (Phi) is 5.86. The van der Waals surface area contributed by atoms with Crippen molar-refractivity contribution in [1.29, 1.82) is 0 Å². The molecule has 0 saturated carbocycles. The molecule has 1 saturated heterocycles. The molecule has 5 aromatic rings. The number of anilines is 1. The van der Waals surface area contributed by atoms with Crippen LogP contribution in [0.4, 0.5) is 5.69 Å². The Hall–Kier alpha value is -3.87. The number of benzene rings is 3. The summed E-state index contributed by atoms with van der Waals surface area (Å²) < 4.78 is 2.30. The molecule has 1 aliphatic heterocycles. The van der Waals surface area contributed by atoms with Crippen LogP contribution in [0.25, 0.3) is 16.5 Å². The SMILES string of the molecule is Cc1cc(C2C(c3ccccn3)NC(=S)N2c2cc(Cl)ccc2O)c(C)n1-c1cccc2ccccc12. The number of hydrogen-bond donors (Lipinski definition) is 2. The second-order valence-corrected chi connectivity index (χ2v) is 10.1. The monoisotopic (exact) mass is 524 g/mol. The number of aryl methyl sites for hydroxylation is 1. The summed E-state index contributed by atoms with van der Waals surface area (Å²) in [5, 5.41) is 17.7. The summed E-state index contributed by atoms with van der Waals surface area (Å²) in [6, 6.07) is 27.4. The van der Waals surface area contributed by atoms with Crippen molar-refractivity contribution in [2.24, 2.45) is 0 Å². The van der Waals surface area contributed by atoms with Crippen LogP contribution in [0.15, 0.2) is 91.1 Å². The lowest BCUT2D eigenvalue weighted by Gasteiger charge is -2.29. The number of nitrogens with one attached hydrogen (secondary N) is 1. The van der Waals surface area contributed by atoms with E-state index in [0.29, 0.717) is 15.8 Å². The predicted molar refractivity (Wildman–Crippen MR) is 154 cm³/mol. The average molecular weight is 525 g/mol. The Balaban J connectivity index is 1.57. The van der Waals surface area contributed by atoms with Crippen LogP contribution in [0.1, 0.15) is 34.7 Å². The van der Waals surface area contributed by atoms with Gasteiger partial charge in [0.15, 0.2) is 5.11 Å². The van der Waals surface area contributed by atoms with E-state index < -0.39 is 0 Å². The van der Waals surface area contributed by atoms with Gasteiger partial charge in [-0.05, 0) is 79.5 Å². The maximum atomic E-state index is 10.9. The number of pyridine rings is 1. The van der Waals surface area contributed by atoms with Gasteiger partial charge in [0.1, 0.15) is 5.75 Å². The summed E-state index contributed by atoms with van der Waals surface area (Å²) >= 11 is 12.2. The largest absolute Gasteiger partial charge is 0.506 e. The first-order chi connectivity index (χ1) is 17.9. The number of thiocarbonyl (C=S) groups is 1. The van der Waals surface area contributed by atoms with Gasteiger partial charge in [0.2, 0.25) is 0 Å². The van der Waals surface area contributed by atoms with Gasteiger partial charge >= 0.3 is 0 Å². The first-order valence-corrected chi connectivity index (χ1v) is 12.9. The molecule has 0 spiro atoms. The van der Waals surface area contributed by atoms with Crippen molar-refractivity contribution in [3.05, 3.63) is 119 Å². The molecule has 0 radical (unpaired) electrons. The standard InChI is InChI=1S/C30H25ClN4OS/c1-18-16-23(19(2)34(18)25-12-7-9-20-8-3-4-10-22(20)25)29-28(24-11-5-6-15-32-24)33-30(37)35(29)26-17-21(31)13-14-27(26)36/h3-17,28-29,36H,1-2H3,(H,33,37). The van der Waals surface area contributed by atoms with Gasteiger partial charge in [-0.1, -0.05) is 54.1 Å². The molecule has 0 bridgehead atoms. The Morgan fingerprint density at radius 2 is 1.70 bits per heavy atom. The maximum Gasteiger partial charge on any atom is 0.174 e.